The molecule has 0 fully saturated rings. The van der Waals surface area contributed by atoms with E-state index in [1.807, 2.05) is 36.5 Å². The average Bonchev–Trinajstić information content (AvgIpc) is 2.81. The van der Waals surface area contributed by atoms with Crippen LogP contribution < -0.4 is 0 Å². The third-order valence-electron chi connectivity index (χ3n) is 2.21. The Bertz CT molecular complexity index is 524. The van der Waals surface area contributed by atoms with Gasteiger partial charge in [0.2, 0.25) is 0 Å². The molecule has 0 aliphatic heterocycles. The molecule has 0 spiro atoms. The van der Waals surface area contributed by atoms with Crippen LogP contribution in [-0.2, 0) is 0 Å². The van der Waals surface area contributed by atoms with Gasteiger partial charge in [0.15, 0.2) is 0 Å². The quantitative estimate of drug-likeness (QED) is 0.485. The molecule has 0 N–H and O–H groups in total. The van der Waals surface area contributed by atoms with Gasteiger partial charge in [0.1, 0.15) is 0 Å². The van der Waals surface area contributed by atoms with Gasteiger partial charge in [0, 0.05) is 14.3 Å². The Morgan fingerprint density at radius 3 is 2.47 bits per heavy atom. The molecule has 0 radical (unpaired) electrons. The number of benzene rings is 1. The molecule has 15 heavy (non-hydrogen) atoms. The van der Waals surface area contributed by atoms with Crippen molar-refractivity contribution in [1.29, 1.82) is 0 Å². The van der Waals surface area contributed by atoms with Gasteiger partial charge < -0.3 is 0 Å². The van der Waals surface area contributed by atoms with E-state index in [4.69, 9.17) is 0 Å². The minimum absolute atomic E-state index is 1.37. The van der Waals surface area contributed by atoms with E-state index in [9.17, 15) is 0 Å². The first-order chi connectivity index (χ1) is 7.33. The second-order valence-corrected chi connectivity index (χ2v) is 5.44. The molecule has 78 valence electrons. The summed E-state index contributed by atoms with van der Waals surface area (Å²) in [5.41, 5.74) is 0. The van der Waals surface area contributed by atoms with Gasteiger partial charge in [-0.05, 0) is 47.3 Å². The highest BCUT2D eigenvalue weighted by Gasteiger charge is 2.01. The summed E-state index contributed by atoms with van der Waals surface area (Å²) in [4.78, 5) is 1.40. The Labute approximate surface area is 98.2 Å². The molecule has 2 heteroatoms. The number of aryl methyl sites for hydroxylation is 1. The second kappa shape index (κ2) is 4.33. The van der Waals surface area contributed by atoms with E-state index in [2.05, 4.69) is 36.6 Å². The highest BCUT2D eigenvalue weighted by atomic mass is 32.1. The summed E-state index contributed by atoms with van der Waals surface area (Å²) in [5, 5.41) is 4.91. The SMILES string of the molecule is CC.Cc1cc2cc3sccc3cc2s1. The zero-order chi connectivity index (χ0) is 10.8. The van der Waals surface area contributed by atoms with Gasteiger partial charge in [0.25, 0.3) is 0 Å². The molecule has 0 atom stereocenters. The van der Waals surface area contributed by atoms with E-state index in [0.717, 1.165) is 0 Å². The van der Waals surface area contributed by atoms with Gasteiger partial charge in [-0.3, -0.25) is 0 Å². The zero-order valence-electron chi connectivity index (χ0n) is 9.20. The fourth-order valence-corrected chi connectivity index (χ4v) is 3.40. The minimum Gasteiger partial charge on any atom is -0.144 e. The van der Waals surface area contributed by atoms with Gasteiger partial charge in [-0.15, -0.1) is 22.7 Å². The molecule has 0 aliphatic carbocycles. The molecule has 2 aromatic heterocycles. The number of hydrogen-bond donors (Lipinski definition) is 0. The van der Waals surface area contributed by atoms with E-state index >= 15 is 0 Å². The molecule has 0 nitrogen and oxygen atoms in total. The maximum atomic E-state index is 2.29. The van der Waals surface area contributed by atoms with Gasteiger partial charge in [-0.1, -0.05) is 13.8 Å². The molecule has 2 heterocycles. The van der Waals surface area contributed by atoms with Gasteiger partial charge in [-0.2, -0.15) is 0 Å². The van der Waals surface area contributed by atoms with Gasteiger partial charge in [0.05, 0.1) is 0 Å². The molecule has 0 saturated carbocycles. The van der Waals surface area contributed by atoms with Crippen molar-refractivity contribution in [2.24, 2.45) is 0 Å². The summed E-state index contributed by atoms with van der Waals surface area (Å²) >= 11 is 3.69. The number of rotatable bonds is 0. The van der Waals surface area contributed by atoms with Crippen molar-refractivity contribution >= 4 is 42.8 Å². The maximum absolute atomic E-state index is 2.29. The Morgan fingerprint density at radius 2 is 1.67 bits per heavy atom. The Hall–Kier alpha value is -0.860. The van der Waals surface area contributed by atoms with Crippen molar-refractivity contribution in [3.63, 3.8) is 0 Å². The first-order valence-electron chi connectivity index (χ1n) is 5.20. The normalized spacial score (nSPS) is 10.3. The third-order valence-corrected chi connectivity index (χ3v) is 4.11. The predicted molar refractivity (Wildman–Crippen MR) is 73.3 cm³/mol. The summed E-state index contributed by atoms with van der Waals surface area (Å²) in [7, 11) is 0. The fraction of sp³-hybridized carbons (Fsp3) is 0.231. The molecule has 0 amide bonds. The third kappa shape index (κ3) is 1.92. The monoisotopic (exact) mass is 234 g/mol. The summed E-state index contributed by atoms with van der Waals surface area (Å²) in [6.45, 7) is 6.17. The van der Waals surface area contributed by atoms with Crippen molar-refractivity contribution in [1.82, 2.24) is 0 Å². The van der Waals surface area contributed by atoms with Crippen molar-refractivity contribution in [3.05, 3.63) is 34.5 Å². The van der Waals surface area contributed by atoms with Crippen LogP contribution in [0.1, 0.15) is 18.7 Å². The lowest BCUT2D eigenvalue weighted by Crippen LogP contribution is -1.62. The van der Waals surface area contributed by atoms with E-state index in [-0.39, 0.29) is 0 Å². The van der Waals surface area contributed by atoms with E-state index in [1.54, 1.807) is 0 Å². The van der Waals surface area contributed by atoms with Crippen LogP contribution in [-0.4, -0.2) is 0 Å². The van der Waals surface area contributed by atoms with Crippen molar-refractivity contribution in [2.45, 2.75) is 20.8 Å². The van der Waals surface area contributed by atoms with Gasteiger partial charge >= 0.3 is 0 Å². The molecule has 0 saturated heterocycles. The minimum atomic E-state index is 1.37. The lowest BCUT2D eigenvalue weighted by atomic mass is 10.2. The van der Waals surface area contributed by atoms with Crippen molar-refractivity contribution in [2.75, 3.05) is 0 Å². The molecule has 0 unspecified atom stereocenters. The second-order valence-electron chi connectivity index (χ2n) is 3.21. The van der Waals surface area contributed by atoms with E-state index in [1.165, 1.54) is 25.0 Å². The topological polar surface area (TPSA) is 0 Å². The summed E-state index contributed by atoms with van der Waals surface area (Å²) in [6.07, 6.45) is 0. The summed E-state index contributed by atoms with van der Waals surface area (Å²) in [6, 6.07) is 9.03. The lowest BCUT2D eigenvalue weighted by Gasteiger charge is -1.89. The van der Waals surface area contributed by atoms with E-state index in [0.29, 0.717) is 0 Å². The van der Waals surface area contributed by atoms with Crippen LogP contribution in [0, 0.1) is 6.92 Å². The average molecular weight is 234 g/mol. The molecular formula is C13H14S2. The molecular weight excluding hydrogens is 220 g/mol. The standard InChI is InChI=1S/C11H8S2.C2H6/c1-7-4-9-6-10-8(2-3-12-10)5-11(9)13-7;1-2/h2-6H,1H3;1-2H3. The summed E-state index contributed by atoms with van der Waals surface area (Å²) in [5.74, 6) is 0. The predicted octanol–water partition coefficient (Wildman–Crippen LogP) is 5.45. The highest BCUT2D eigenvalue weighted by Crippen LogP contribution is 2.31. The zero-order valence-corrected chi connectivity index (χ0v) is 10.8. The Balaban J connectivity index is 0.000000404. The lowest BCUT2D eigenvalue weighted by molar-refractivity contribution is 1.50. The number of hydrogen-bond acceptors (Lipinski definition) is 2. The van der Waals surface area contributed by atoms with Crippen LogP contribution in [0.3, 0.4) is 0 Å². The van der Waals surface area contributed by atoms with Crippen LogP contribution in [0.15, 0.2) is 29.6 Å². The van der Waals surface area contributed by atoms with Crippen LogP contribution >= 0.6 is 22.7 Å². The van der Waals surface area contributed by atoms with Crippen molar-refractivity contribution in [3.8, 4) is 0 Å². The molecule has 1 aromatic carbocycles. The largest absolute Gasteiger partial charge is 0.144 e. The summed E-state index contributed by atoms with van der Waals surface area (Å²) < 4.78 is 2.80. The molecule has 3 rings (SSSR count). The fourth-order valence-electron chi connectivity index (χ4n) is 1.63. The van der Waals surface area contributed by atoms with Crippen LogP contribution in [0.5, 0.6) is 0 Å². The first-order valence-corrected chi connectivity index (χ1v) is 6.90. The van der Waals surface area contributed by atoms with E-state index < -0.39 is 0 Å². The molecule has 3 aromatic rings. The van der Waals surface area contributed by atoms with Crippen LogP contribution in [0.25, 0.3) is 20.2 Å². The van der Waals surface area contributed by atoms with Crippen LogP contribution in [0.4, 0.5) is 0 Å². The molecule has 0 bridgehead atoms. The Morgan fingerprint density at radius 1 is 0.933 bits per heavy atom. The highest BCUT2D eigenvalue weighted by molar-refractivity contribution is 7.20. The molecule has 0 aliphatic rings. The van der Waals surface area contributed by atoms with Gasteiger partial charge in [-0.25, -0.2) is 0 Å². The smallest absolute Gasteiger partial charge is 0.0352 e. The number of thiophene rings is 2. The van der Waals surface area contributed by atoms with Crippen LogP contribution in [0.2, 0.25) is 0 Å². The maximum Gasteiger partial charge on any atom is 0.0352 e. The Kier molecular flexibility index (Phi) is 3.08. The first kappa shape index (κ1) is 10.7. The van der Waals surface area contributed by atoms with Crippen molar-refractivity contribution < 1.29 is 0 Å². The number of fused-ring (bicyclic) bond motifs is 2.